The zero-order valence-corrected chi connectivity index (χ0v) is 13.5. The summed E-state index contributed by atoms with van der Waals surface area (Å²) in [5, 5.41) is 11.0. The Bertz CT molecular complexity index is 664. The van der Waals surface area contributed by atoms with Crippen LogP contribution in [0, 0.1) is 0 Å². The molecule has 2 aromatic heterocycles. The summed E-state index contributed by atoms with van der Waals surface area (Å²) in [5.41, 5.74) is 0.454. The van der Waals surface area contributed by atoms with Gasteiger partial charge in [-0.05, 0) is 25.5 Å². The van der Waals surface area contributed by atoms with Gasteiger partial charge in [0.1, 0.15) is 5.69 Å². The Kier molecular flexibility index (Phi) is 4.71. The molecule has 1 fully saturated rings. The van der Waals surface area contributed by atoms with Crippen LogP contribution in [0.25, 0.3) is 0 Å². The van der Waals surface area contributed by atoms with Gasteiger partial charge in [0, 0.05) is 26.2 Å². The van der Waals surface area contributed by atoms with Crippen LogP contribution in [0.15, 0.2) is 16.8 Å². The molecule has 0 spiro atoms. The molecule has 3 heterocycles. The first-order chi connectivity index (χ1) is 11.2. The Balaban J connectivity index is 1.63. The third-order valence-electron chi connectivity index (χ3n) is 4.10. The molecule has 1 N–H and O–H groups in total. The number of rotatable bonds is 5. The molecule has 124 valence electrons. The molecule has 0 aromatic carbocycles. The van der Waals surface area contributed by atoms with Crippen molar-refractivity contribution in [2.24, 2.45) is 0 Å². The molecule has 1 atom stereocenters. The number of amides is 1. The van der Waals surface area contributed by atoms with Crippen LogP contribution in [0.1, 0.15) is 48.0 Å². The Hall–Kier alpha value is -2.22. The molecule has 1 saturated heterocycles. The summed E-state index contributed by atoms with van der Waals surface area (Å²) in [6.45, 7) is 4.56. The van der Waals surface area contributed by atoms with Crippen molar-refractivity contribution in [2.45, 2.75) is 38.8 Å². The van der Waals surface area contributed by atoms with Crippen molar-refractivity contribution in [3.05, 3.63) is 29.7 Å². The zero-order chi connectivity index (χ0) is 16.2. The molecule has 2 aromatic rings. The first kappa shape index (κ1) is 15.7. The third kappa shape index (κ3) is 3.58. The smallest absolute Gasteiger partial charge is 0.271 e. The molecular formula is C15H22N6O2. The van der Waals surface area contributed by atoms with Gasteiger partial charge in [-0.25, -0.2) is 0 Å². The predicted octanol–water partition coefficient (Wildman–Crippen LogP) is 1.03. The number of aryl methyl sites for hydroxylation is 1. The van der Waals surface area contributed by atoms with Crippen molar-refractivity contribution >= 4 is 5.91 Å². The van der Waals surface area contributed by atoms with Crippen molar-refractivity contribution in [1.29, 1.82) is 0 Å². The number of likely N-dealkylation sites (tertiary alicyclic amines) is 1. The molecule has 8 nitrogen and oxygen atoms in total. The minimum Gasteiger partial charge on any atom is -0.354 e. The molecule has 0 radical (unpaired) electrons. The normalized spacial score (nSPS) is 19.0. The van der Waals surface area contributed by atoms with Crippen molar-refractivity contribution in [1.82, 2.24) is 30.1 Å². The van der Waals surface area contributed by atoms with Gasteiger partial charge in [0.05, 0.1) is 12.6 Å². The van der Waals surface area contributed by atoms with E-state index in [1.807, 2.05) is 17.8 Å². The second-order valence-electron chi connectivity index (χ2n) is 5.75. The topological polar surface area (TPSA) is 89.1 Å². The van der Waals surface area contributed by atoms with Gasteiger partial charge in [0.15, 0.2) is 5.82 Å². The van der Waals surface area contributed by atoms with Crippen LogP contribution in [-0.2, 0) is 13.0 Å². The number of nitrogens with zero attached hydrogens (tertiary/aromatic N) is 5. The van der Waals surface area contributed by atoms with Gasteiger partial charge in [0.25, 0.3) is 5.91 Å². The van der Waals surface area contributed by atoms with Gasteiger partial charge in [0.2, 0.25) is 5.89 Å². The van der Waals surface area contributed by atoms with E-state index in [9.17, 15) is 4.79 Å². The highest BCUT2D eigenvalue weighted by Crippen LogP contribution is 2.22. The zero-order valence-electron chi connectivity index (χ0n) is 13.5. The lowest BCUT2D eigenvalue weighted by molar-refractivity contribution is 0.0955. The molecule has 0 saturated carbocycles. The van der Waals surface area contributed by atoms with Crippen LogP contribution in [0.5, 0.6) is 0 Å². The van der Waals surface area contributed by atoms with Crippen LogP contribution < -0.4 is 5.32 Å². The second-order valence-corrected chi connectivity index (χ2v) is 5.75. The lowest BCUT2D eigenvalue weighted by Gasteiger charge is -2.31. The standard InChI is InChI=1S/C15H22N6O2/c1-3-14-17-13(19-23-14)10-20-7-4-5-11(9-20)21-8-6-12(18-21)15(22)16-2/h6,8,11H,3-5,7,9-10H2,1-2H3,(H,16,22)/t11-/m1/s1. The number of nitrogens with one attached hydrogen (secondary N) is 1. The molecule has 1 aliphatic heterocycles. The summed E-state index contributed by atoms with van der Waals surface area (Å²) in [4.78, 5) is 18.3. The highest BCUT2D eigenvalue weighted by Gasteiger charge is 2.23. The molecule has 0 unspecified atom stereocenters. The Labute approximate surface area is 134 Å². The summed E-state index contributed by atoms with van der Waals surface area (Å²) in [6, 6.07) is 2.02. The number of carbonyl (C=O) groups is 1. The molecule has 3 rings (SSSR count). The van der Waals surface area contributed by atoms with Crippen LogP contribution >= 0.6 is 0 Å². The number of hydrogen-bond acceptors (Lipinski definition) is 6. The molecular weight excluding hydrogens is 296 g/mol. The fraction of sp³-hybridized carbons (Fsp3) is 0.600. The van der Waals surface area contributed by atoms with Gasteiger partial charge < -0.3 is 9.84 Å². The van der Waals surface area contributed by atoms with Gasteiger partial charge in [-0.15, -0.1) is 0 Å². The lowest BCUT2D eigenvalue weighted by Crippen LogP contribution is -2.36. The summed E-state index contributed by atoms with van der Waals surface area (Å²) < 4.78 is 7.05. The quantitative estimate of drug-likeness (QED) is 0.885. The summed E-state index contributed by atoms with van der Waals surface area (Å²) >= 11 is 0. The fourth-order valence-corrected chi connectivity index (χ4v) is 2.88. The summed E-state index contributed by atoms with van der Waals surface area (Å²) in [7, 11) is 1.61. The van der Waals surface area contributed by atoms with Gasteiger partial charge >= 0.3 is 0 Å². The minimum absolute atomic E-state index is 0.157. The van der Waals surface area contributed by atoms with Crippen LogP contribution in [0.2, 0.25) is 0 Å². The molecule has 23 heavy (non-hydrogen) atoms. The third-order valence-corrected chi connectivity index (χ3v) is 4.10. The number of piperidine rings is 1. The van der Waals surface area contributed by atoms with Crippen LogP contribution in [-0.4, -0.2) is 50.9 Å². The maximum Gasteiger partial charge on any atom is 0.271 e. The maximum absolute atomic E-state index is 11.6. The summed E-state index contributed by atoms with van der Waals surface area (Å²) in [5.74, 6) is 1.25. The van der Waals surface area contributed by atoms with Crippen molar-refractivity contribution in [3.8, 4) is 0 Å². The van der Waals surface area contributed by atoms with E-state index in [-0.39, 0.29) is 11.9 Å². The van der Waals surface area contributed by atoms with Crippen LogP contribution in [0.4, 0.5) is 0 Å². The van der Waals surface area contributed by atoms with Crippen LogP contribution in [0.3, 0.4) is 0 Å². The minimum atomic E-state index is -0.157. The van der Waals surface area contributed by atoms with E-state index in [1.165, 1.54) is 0 Å². The summed E-state index contributed by atoms with van der Waals surface area (Å²) in [6.07, 6.45) is 4.77. The molecule has 0 bridgehead atoms. The lowest BCUT2D eigenvalue weighted by atomic mass is 10.1. The first-order valence-corrected chi connectivity index (χ1v) is 8.00. The van der Waals surface area contributed by atoms with E-state index in [0.717, 1.165) is 38.2 Å². The van der Waals surface area contributed by atoms with E-state index in [2.05, 4.69) is 25.5 Å². The number of carbonyl (C=O) groups excluding carboxylic acids is 1. The van der Waals surface area contributed by atoms with Gasteiger partial charge in [-0.1, -0.05) is 12.1 Å². The molecule has 1 aliphatic rings. The Morgan fingerprint density at radius 2 is 2.39 bits per heavy atom. The van der Waals surface area contributed by atoms with E-state index < -0.39 is 0 Å². The highest BCUT2D eigenvalue weighted by molar-refractivity contribution is 5.91. The van der Waals surface area contributed by atoms with Crippen molar-refractivity contribution in [2.75, 3.05) is 20.1 Å². The van der Waals surface area contributed by atoms with E-state index in [0.29, 0.717) is 18.1 Å². The molecule has 1 amide bonds. The van der Waals surface area contributed by atoms with Gasteiger partial charge in [-0.3, -0.25) is 14.4 Å². The fourth-order valence-electron chi connectivity index (χ4n) is 2.88. The first-order valence-electron chi connectivity index (χ1n) is 8.00. The number of hydrogen-bond donors (Lipinski definition) is 1. The monoisotopic (exact) mass is 318 g/mol. The average molecular weight is 318 g/mol. The maximum atomic E-state index is 11.6. The Morgan fingerprint density at radius 1 is 1.52 bits per heavy atom. The van der Waals surface area contributed by atoms with Crippen molar-refractivity contribution in [3.63, 3.8) is 0 Å². The molecule has 0 aliphatic carbocycles. The second kappa shape index (κ2) is 6.91. The number of aromatic nitrogens is 4. The highest BCUT2D eigenvalue weighted by atomic mass is 16.5. The van der Waals surface area contributed by atoms with E-state index >= 15 is 0 Å². The van der Waals surface area contributed by atoms with E-state index in [1.54, 1.807) is 13.1 Å². The van der Waals surface area contributed by atoms with Gasteiger partial charge in [-0.2, -0.15) is 10.1 Å². The largest absolute Gasteiger partial charge is 0.354 e. The van der Waals surface area contributed by atoms with E-state index in [4.69, 9.17) is 4.52 Å². The Morgan fingerprint density at radius 3 is 3.13 bits per heavy atom. The predicted molar refractivity (Wildman–Crippen MR) is 82.8 cm³/mol. The van der Waals surface area contributed by atoms with Crippen molar-refractivity contribution < 1.29 is 9.32 Å². The SMILES string of the molecule is CCc1nc(CN2CCC[C@@H](n3ccc(C(=O)NC)n3)C2)no1. The average Bonchev–Trinajstić information content (AvgIpc) is 3.23. The molecule has 8 heteroatoms.